The largest absolute Gasteiger partial charge is 0.465 e. The summed E-state index contributed by atoms with van der Waals surface area (Å²) >= 11 is 0. The number of likely N-dealkylation sites (tertiary alicyclic amines) is 1. The molecule has 0 saturated carbocycles. The smallest absolute Gasteiger partial charge is 0.405 e. The maximum atomic E-state index is 12.1. The molecule has 4 N–H and O–H groups in total. The van der Waals surface area contributed by atoms with E-state index in [4.69, 9.17) is 10.8 Å². The number of nitrogens with one attached hydrogen (secondary N) is 1. The Morgan fingerprint density at radius 3 is 2.50 bits per heavy atom. The average Bonchev–Trinajstić information content (AvgIpc) is 2.59. The molecule has 1 rings (SSSR count). The molecule has 0 aromatic heterocycles. The minimum absolute atomic E-state index is 0.0867. The van der Waals surface area contributed by atoms with Gasteiger partial charge in [0, 0.05) is 6.54 Å². The summed E-state index contributed by atoms with van der Waals surface area (Å²) in [4.78, 5) is 24.2. The van der Waals surface area contributed by atoms with Gasteiger partial charge in [0.2, 0.25) is 5.91 Å². The van der Waals surface area contributed by atoms with Crippen LogP contribution in [0.5, 0.6) is 0 Å². The van der Waals surface area contributed by atoms with Crippen LogP contribution in [-0.4, -0.2) is 40.8 Å². The lowest BCUT2D eigenvalue weighted by molar-refractivity contribution is -0.135. The van der Waals surface area contributed by atoms with E-state index in [1.54, 1.807) is 18.7 Å². The molecule has 0 aliphatic carbocycles. The Morgan fingerprint density at radius 1 is 1.50 bits per heavy atom. The van der Waals surface area contributed by atoms with Crippen molar-refractivity contribution in [2.24, 2.45) is 11.7 Å². The number of amides is 2. The van der Waals surface area contributed by atoms with Gasteiger partial charge in [0.25, 0.3) is 0 Å². The van der Waals surface area contributed by atoms with Crippen LogP contribution < -0.4 is 11.1 Å². The van der Waals surface area contributed by atoms with Crippen LogP contribution in [0.3, 0.4) is 0 Å². The van der Waals surface area contributed by atoms with Crippen LogP contribution in [0.15, 0.2) is 0 Å². The molecular weight excluding hydrogens is 210 g/mol. The highest BCUT2D eigenvalue weighted by Gasteiger charge is 2.33. The molecule has 1 fully saturated rings. The van der Waals surface area contributed by atoms with Gasteiger partial charge in [-0.1, -0.05) is 13.8 Å². The van der Waals surface area contributed by atoms with Crippen LogP contribution in [0, 0.1) is 5.92 Å². The van der Waals surface area contributed by atoms with Crippen molar-refractivity contribution >= 4 is 12.0 Å². The number of carboxylic acid groups (broad SMARTS) is 1. The fourth-order valence-electron chi connectivity index (χ4n) is 1.89. The molecule has 16 heavy (non-hydrogen) atoms. The van der Waals surface area contributed by atoms with E-state index in [1.165, 1.54) is 0 Å². The number of hydrogen-bond donors (Lipinski definition) is 3. The Kier molecular flexibility index (Phi) is 4.12. The van der Waals surface area contributed by atoms with Crippen LogP contribution in [0.1, 0.15) is 26.7 Å². The first-order chi connectivity index (χ1) is 7.43. The highest BCUT2D eigenvalue weighted by Crippen LogP contribution is 2.16. The third-order valence-corrected chi connectivity index (χ3v) is 2.79. The normalized spacial score (nSPS) is 22.2. The summed E-state index contributed by atoms with van der Waals surface area (Å²) in [6, 6.07) is -0.707. The summed E-state index contributed by atoms with van der Waals surface area (Å²) in [7, 11) is 0. The van der Waals surface area contributed by atoms with Gasteiger partial charge in [0.15, 0.2) is 0 Å². The van der Waals surface area contributed by atoms with Gasteiger partial charge in [-0.25, -0.2) is 4.79 Å². The lowest BCUT2D eigenvalue weighted by Crippen LogP contribution is -2.53. The fourth-order valence-corrected chi connectivity index (χ4v) is 1.89. The van der Waals surface area contributed by atoms with Crippen LogP contribution >= 0.6 is 0 Å². The van der Waals surface area contributed by atoms with Crippen LogP contribution in [0.25, 0.3) is 0 Å². The zero-order valence-corrected chi connectivity index (χ0v) is 9.64. The van der Waals surface area contributed by atoms with Crippen molar-refractivity contribution in [3.63, 3.8) is 0 Å². The maximum Gasteiger partial charge on any atom is 0.405 e. The monoisotopic (exact) mass is 229 g/mol. The van der Waals surface area contributed by atoms with Crippen molar-refractivity contribution < 1.29 is 14.7 Å². The Balaban J connectivity index is 2.70. The Hall–Kier alpha value is -1.30. The highest BCUT2D eigenvalue weighted by molar-refractivity contribution is 5.86. The van der Waals surface area contributed by atoms with E-state index in [1.807, 2.05) is 0 Å². The summed E-state index contributed by atoms with van der Waals surface area (Å²) < 4.78 is 0. The van der Waals surface area contributed by atoms with Gasteiger partial charge in [-0.3, -0.25) is 4.79 Å². The zero-order valence-electron chi connectivity index (χ0n) is 9.64. The lowest BCUT2D eigenvalue weighted by Gasteiger charge is -2.28. The summed E-state index contributed by atoms with van der Waals surface area (Å²) in [6.07, 6.45) is 0.207. The van der Waals surface area contributed by atoms with Crippen molar-refractivity contribution in [1.82, 2.24) is 10.2 Å². The number of rotatable bonds is 3. The van der Waals surface area contributed by atoms with Gasteiger partial charge >= 0.3 is 6.09 Å². The van der Waals surface area contributed by atoms with E-state index < -0.39 is 12.1 Å². The molecule has 92 valence electrons. The SMILES string of the molecule is CC(C)C(NC(=O)O)C(=O)N1CCCC1N. The fraction of sp³-hybridized carbons (Fsp3) is 0.800. The van der Waals surface area contributed by atoms with Gasteiger partial charge in [-0.15, -0.1) is 0 Å². The molecule has 6 heteroatoms. The summed E-state index contributed by atoms with van der Waals surface area (Å²) in [5.41, 5.74) is 5.78. The van der Waals surface area contributed by atoms with Crippen LogP contribution in [0.2, 0.25) is 0 Å². The van der Waals surface area contributed by atoms with E-state index >= 15 is 0 Å². The molecule has 0 spiro atoms. The number of carbonyl (C=O) groups is 2. The topological polar surface area (TPSA) is 95.7 Å². The molecule has 0 aromatic rings. The van der Waals surface area contributed by atoms with E-state index in [0.717, 1.165) is 12.8 Å². The second kappa shape index (κ2) is 5.16. The minimum Gasteiger partial charge on any atom is -0.465 e. The molecule has 6 nitrogen and oxygen atoms in total. The van der Waals surface area contributed by atoms with Crippen LogP contribution in [-0.2, 0) is 4.79 Å². The van der Waals surface area contributed by atoms with E-state index in [2.05, 4.69) is 5.32 Å². The van der Waals surface area contributed by atoms with Gasteiger partial charge in [0.05, 0.1) is 6.17 Å². The van der Waals surface area contributed by atoms with Gasteiger partial charge in [-0.05, 0) is 18.8 Å². The molecule has 0 aromatic carbocycles. The summed E-state index contributed by atoms with van der Waals surface area (Å²) in [6.45, 7) is 4.23. The first kappa shape index (κ1) is 12.8. The number of nitrogens with two attached hydrogens (primary N) is 1. The molecule has 1 aliphatic heterocycles. The third kappa shape index (κ3) is 2.85. The third-order valence-electron chi connectivity index (χ3n) is 2.79. The average molecular weight is 229 g/mol. The van der Waals surface area contributed by atoms with Gasteiger partial charge in [0.1, 0.15) is 6.04 Å². The maximum absolute atomic E-state index is 12.1. The van der Waals surface area contributed by atoms with Gasteiger partial charge < -0.3 is 21.1 Å². The number of nitrogens with zero attached hydrogens (tertiary/aromatic N) is 1. The van der Waals surface area contributed by atoms with Gasteiger partial charge in [-0.2, -0.15) is 0 Å². The molecular formula is C10H19N3O3. The van der Waals surface area contributed by atoms with Crippen molar-refractivity contribution in [2.75, 3.05) is 6.54 Å². The Morgan fingerprint density at radius 2 is 2.12 bits per heavy atom. The van der Waals surface area contributed by atoms with Crippen molar-refractivity contribution in [3.8, 4) is 0 Å². The summed E-state index contributed by atoms with van der Waals surface area (Å²) in [5, 5.41) is 10.9. The van der Waals surface area contributed by atoms with Crippen molar-refractivity contribution in [1.29, 1.82) is 0 Å². The molecule has 1 aliphatic rings. The minimum atomic E-state index is -1.18. The van der Waals surface area contributed by atoms with Crippen molar-refractivity contribution in [3.05, 3.63) is 0 Å². The second-order valence-electron chi connectivity index (χ2n) is 4.41. The predicted molar refractivity (Wildman–Crippen MR) is 58.7 cm³/mol. The zero-order chi connectivity index (χ0) is 12.3. The number of carbonyl (C=O) groups excluding carboxylic acids is 1. The Labute approximate surface area is 94.8 Å². The highest BCUT2D eigenvalue weighted by atomic mass is 16.4. The molecule has 1 saturated heterocycles. The molecule has 2 unspecified atom stereocenters. The quantitative estimate of drug-likeness (QED) is 0.643. The standard InChI is InChI=1S/C10H19N3O3/c1-6(2)8(12-10(15)16)9(14)13-5-3-4-7(13)11/h6-8,12H,3-5,11H2,1-2H3,(H,15,16). The molecule has 2 atom stereocenters. The predicted octanol–water partition coefficient (Wildman–Crippen LogP) is 0.186. The Bertz CT molecular complexity index is 280. The lowest BCUT2D eigenvalue weighted by atomic mass is 10.0. The second-order valence-corrected chi connectivity index (χ2v) is 4.41. The summed E-state index contributed by atoms with van der Waals surface area (Å²) in [5.74, 6) is -0.307. The first-order valence-corrected chi connectivity index (χ1v) is 5.49. The van der Waals surface area contributed by atoms with E-state index in [-0.39, 0.29) is 18.0 Å². The van der Waals surface area contributed by atoms with E-state index in [0.29, 0.717) is 6.54 Å². The first-order valence-electron chi connectivity index (χ1n) is 5.49. The van der Waals surface area contributed by atoms with E-state index in [9.17, 15) is 9.59 Å². The molecule has 2 amide bonds. The van der Waals surface area contributed by atoms with Crippen LogP contribution in [0.4, 0.5) is 4.79 Å². The molecule has 1 heterocycles. The van der Waals surface area contributed by atoms with Crippen molar-refractivity contribution in [2.45, 2.75) is 38.9 Å². The molecule has 0 bridgehead atoms. The number of hydrogen-bond acceptors (Lipinski definition) is 3. The molecule has 0 radical (unpaired) electrons.